The first-order valence-corrected chi connectivity index (χ1v) is 10.5. The second-order valence-electron chi connectivity index (χ2n) is 8.48. The number of hydrogen-bond donors (Lipinski definition) is 0. The zero-order valence-electron chi connectivity index (χ0n) is 17.9. The van der Waals surface area contributed by atoms with Crippen LogP contribution in [0.25, 0.3) is 0 Å². The van der Waals surface area contributed by atoms with Crippen LogP contribution in [0.1, 0.15) is 48.9 Å². The molecule has 6 heteroatoms. The summed E-state index contributed by atoms with van der Waals surface area (Å²) in [6.07, 6.45) is 6.88. The largest absolute Gasteiger partial charge is 0.496 e. The van der Waals surface area contributed by atoms with E-state index >= 15 is 0 Å². The predicted molar refractivity (Wildman–Crippen MR) is 110 cm³/mol. The second-order valence-corrected chi connectivity index (χ2v) is 8.48. The number of likely N-dealkylation sites (tertiary alicyclic amines) is 2. The standard InChI is InChI=1S/C22H35N3O3/c1-17-14-23-19(18(2)21(17)28-4)15-24-11-8-22(9-12-24)7-6-20(26)25(16-22)10-5-13-27-3/h14H,5-13,15-16H2,1-4H3. The van der Waals surface area contributed by atoms with E-state index in [2.05, 4.69) is 21.7 Å². The van der Waals surface area contributed by atoms with Crippen LogP contribution in [0.3, 0.4) is 0 Å². The number of carbonyl (C=O) groups excluding carboxylic acids is 1. The van der Waals surface area contributed by atoms with Gasteiger partial charge in [-0.2, -0.15) is 0 Å². The van der Waals surface area contributed by atoms with Gasteiger partial charge in [0.25, 0.3) is 0 Å². The molecule has 2 saturated heterocycles. The van der Waals surface area contributed by atoms with E-state index in [1.165, 1.54) is 0 Å². The number of nitrogens with zero attached hydrogens (tertiary/aromatic N) is 3. The fourth-order valence-electron chi connectivity index (χ4n) is 4.74. The van der Waals surface area contributed by atoms with Crippen molar-refractivity contribution in [3.8, 4) is 5.75 Å². The van der Waals surface area contributed by atoms with Crippen LogP contribution in [0.5, 0.6) is 5.75 Å². The minimum absolute atomic E-state index is 0.297. The zero-order chi connectivity index (χ0) is 20.1. The first-order valence-electron chi connectivity index (χ1n) is 10.5. The summed E-state index contributed by atoms with van der Waals surface area (Å²) in [6, 6.07) is 0. The van der Waals surface area contributed by atoms with Crippen molar-refractivity contribution in [2.45, 2.75) is 52.5 Å². The number of methoxy groups -OCH3 is 2. The summed E-state index contributed by atoms with van der Waals surface area (Å²) in [5.41, 5.74) is 3.64. The maximum atomic E-state index is 12.3. The van der Waals surface area contributed by atoms with Crippen LogP contribution in [0.2, 0.25) is 0 Å². The number of rotatable bonds is 7. The zero-order valence-corrected chi connectivity index (χ0v) is 17.9. The van der Waals surface area contributed by atoms with E-state index in [-0.39, 0.29) is 0 Å². The number of piperidine rings is 2. The first-order chi connectivity index (χ1) is 13.5. The average Bonchev–Trinajstić information content (AvgIpc) is 2.69. The minimum atomic E-state index is 0.297. The van der Waals surface area contributed by atoms with E-state index in [9.17, 15) is 4.79 Å². The number of hydrogen-bond acceptors (Lipinski definition) is 5. The van der Waals surface area contributed by atoms with E-state index in [0.717, 1.165) is 87.6 Å². The molecule has 28 heavy (non-hydrogen) atoms. The highest BCUT2D eigenvalue weighted by Gasteiger charge is 2.40. The highest BCUT2D eigenvalue weighted by molar-refractivity contribution is 5.77. The number of amides is 1. The topological polar surface area (TPSA) is 54.9 Å². The molecule has 0 aromatic carbocycles. The van der Waals surface area contributed by atoms with E-state index in [4.69, 9.17) is 9.47 Å². The van der Waals surface area contributed by atoms with Crippen molar-refractivity contribution >= 4 is 5.91 Å². The van der Waals surface area contributed by atoms with Gasteiger partial charge >= 0.3 is 0 Å². The molecule has 3 rings (SSSR count). The molecule has 0 bridgehead atoms. The second kappa shape index (κ2) is 9.23. The van der Waals surface area contributed by atoms with Crippen LogP contribution in [-0.2, 0) is 16.1 Å². The molecule has 1 aromatic rings. The number of ether oxygens (including phenoxy) is 2. The van der Waals surface area contributed by atoms with Crippen LogP contribution in [-0.4, -0.2) is 67.7 Å². The molecule has 0 saturated carbocycles. The molecule has 3 heterocycles. The number of pyridine rings is 1. The van der Waals surface area contributed by atoms with Gasteiger partial charge < -0.3 is 14.4 Å². The Labute approximate surface area is 169 Å². The van der Waals surface area contributed by atoms with Crippen molar-refractivity contribution in [2.24, 2.45) is 5.41 Å². The van der Waals surface area contributed by atoms with Gasteiger partial charge in [-0.25, -0.2) is 0 Å². The van der Waals surface area contributed by atoms with Gasteiger partial charge in [0.1, 0.15) is 5.75 Å². The van der Waals surface area contributed by atoms with E-state index in [0.29, 0.717) is 17.7 Å². The molecule has 0 N–H and O–H groups in total. The van der Waals surface area contributed by atoms with Crippen molar-refractivity contribution in [2.75, 3.05) is 47.0 Å². The minimum Gasteiger partial charge on any atom is -0.496 e. The molecular formula is C22H35N3O3. The van der Waals surface area contributed by atoms with Gasteiger partial charge in [-0.3, -0.25) is 14.7 Å². The molecular weight excluding hydrogens is 354 g/mol. The maximum absolute atomic E-state index is 12.3. The molecule has 2 aliphatic heterocycles. The van der Waals surface area contributed by atoms with Gasteiger partial charge in [0.15, 0.2) is 0 Å². The molecule has 0 aliphatic carbocycles. The molecule has 2 fully saturated rings. The summed E-state index contributed by atoms with van der Waals surface area (Å²) < 4.78 is 10.7. The average molecular weight is 390 g/mol. The smallest absolute Gasteiger partial charge is 0.222 e. The van der Waals surface area contributed by atoms with Crippen molar-refractivity contribution in [3.63, 3.8) is 0 Å². The van der Waals surface area contributed by atoms with Crippen LogP contribution < -0.4 is 4.74 Å². The molecule has 1 aromatic heterocycles. The highest BCUT2D eigenvalue weighted by atomic mass is 16.5. The Morgan fingerprint density at radius 1 is 1.18 bits per heavy atom. The van der Waals surface area contributed by atoms with Crippen LogP contribution in [0.15, 0.2) is 6.20 Å². The number of aryl methyl sites for hydroxylation is 1. The summed E-state index contributed by atoms with van der Waals surface area (Å²) in [4.78, 5) is 21.5. The normalized spacial score (nSPS) is 20.0. The molecule has 1 amide bonds. The van der Waals surface area contributed by atoms with Gasteiger partial charge in [-0.1, -0.05) is 0 Å². The summed E-state index contributed by atoms with van der Waals surface area (Å²) in [5.74, 6) is 1.27. The van der Waals surface area contributed by atoms with Gasteiger partial charge in [-0.05, 0) is 58.0 Å². The Kier molecular flexibility index (Phi) is 6.94. The van der Waals surface area contributed by atoms with Gasteiger partial charge in [-0.15, -0.1) is 0 Å². The molecule has 1 spiro atoms. The summed E-state index contributed by atoms with van der Waals surface area (Å²) in [5, 5.41) is 0. The Hall–Kier alpha value is -1.66. The molecule has 0 atom stereocenters. The molecule has 0 radical (unpaired) electrons. The Balaban J connectivity index is 1.57. The molecule has 2 aliphatic rings. The fraction of sp³-hybridized carbons (Fsp3) is 0.727. The van der Waals surface area contributed by atoms with E-state index in [1.807, 2.05) is 13.1 Å². The third-order valence-corrected chi connectivity index (χ3v) is 6.56. The lowest BCUT2D eigenvalue weighted by molar-refractivity contribution is -0.139. The third-order valence-electron chi connectivity index (χ3n) is 6.56. The van der Waals surface area contributed by atoms with Gasteiger partial charge in [0.05, 0.1) is 12.8 Å². The quantitative estimate of drug-likeness (QED) is 0.671. The van der Waals surface area contributed by atoms with Gasteiger partial charge in [0.2, 0.25) is 5.91 Å². The van der Waals surface area contributed by atoms with Crippen LogP contribution >= 0.6 is 0 Å². The fourth-order valence-corrected chi connectivity index (χ4v) is 4.74. The van der Waals surface area contributed by atoms with Crippen LogP contribution in [0, 0.1) is 19.3 Å². The highest BCUT2D eigenvalue weighted by Crippen LogP contribution is 2.40. The Bertz CT molecular complexity index is 684. The molecule has 0 unspecified atom stereocenters. The summed E-state index contributed by atoms with van der Waals surface area (Å²) in [7, 11) is 3.45. The Morgan fingerprint density at radius 2 is 1.93 bits per heavy atom. The van der Waals surface area contributed by atoms with Crippen LogP contribution in [0.4, 0.5) is 0 Å². The summed E-state index contributed by atoms with van der Waals surface area (Å²) in [6.45, 7) is 9.60. The van der Waals surface area contributed by atoms with Crippen molar-refractivity contribution < 1.29 is 14.3 Å². The predicted octanol–water partition coefficient (Wildman–Crippen LogP) is 2.95. The van der Waals surface area contributed by atoms with Crippen molar-refractivity contribution in [1.82, 2.24) is 14.8 Å². The van der Waals surface area contributed by atoms with Gasteiger partial charge in [0, 0.05) is 57.1 Å². The lowest BCUT2D eigenvalue weighted by Crippen LogP contribution is -2.51. The SMILES string of the molecule is COCCCN1CC2(CCC1=O)CCN(Cc1ncc(C)c(OC)c1C)CC2. The lowest BCUT2D eigenvalue weighted by atomic mass is 9.72. The maximum Gasteiger partial charge on any atom is 0.222 e. The van der Waals surface area contributed by atoms with Crippen molar-refractivity contribution in [1.29, 1.82) is 0 Å². The number of aromatic nitrogens is 1. The number of carbonyl (C=O) groups is 1. The molecule has 6 nitrogen and oxygen atoms in total. The Morgan fingerprint density at radius 3 is 2.61 bits per heavy atom. The first kappa shape index (κ1) is 21.1. The van der Waals surface area contributed by atoms with Crippen molar-refractivity contribution in [3.05, 3.63) is 23.0 Å². The van der Waals surface area contributed by atoms with E-state index in [1.54, 1.807) is 14.2 Å². The monoisotopic (exact) mass is 389 g/mol. The van der Waals surface area contributed by atoms with E-state index < -0.39 is 0 Å². The third kappa shape index (κ3) is 4.66. The molecule has 156 valence electrons. The summed E-state index contributed by atoms with van der Waals surface area (Å²) >= 11 is 0. The lowest BCUT2D eigenvalue weighted by Gasteiger charge is -2.47.